The smallest absolute Gasteiger partial charge is 0.255 e. The van der Waals surface area contributed by atoms with Crippen molar-refractivity contribution in [3.63, 3.8) is 0 Å². The van der Waals surface area contributed by atoms with Gasteiger partial charge < -0.3 is 15.5 Å². The normalized spacial score (nSPS) is 21.7. The molecule has 1 saturated heterocycles. The Bertz CT molecular complexity index is 492. The molecule has 0 radical (unpaired) electrons. The minimum absolute atomic E-state index is 0.0636. The number of carbonyl (C=O) groups is 1. The second kappa shape index (κ2) is 3.99. The number of piperidine rings is 1. The molecule has 2 aliphatic heterocycles. The number of rotatable bonds is 0. The summed E-state index contributed by atoms with van der Waals surface area (Å²) < 4.78 is 0. The van der Waals surface area contributed by atoms with E-state index in [1.54, 1.807) is 0 Å². The van der Waals surface area contributed by atoms with Crippen LogP contribution in [0.2, 0.25) is 0 Å². The molecule has 18 heavy (non-hydrogen) atoms. The van der Waals surface area contributed by atoms with Crippen LogP contribution >= 0.6 is 0 Å². The van der Waals surface area contributed by atoms with Crippen molar-refractivity contribution in [2.24, 2.45) is 0 Å². The number of benzene rings is 1. The molecule has 1 fully saturated rings. The van der Waals surface area contributed by atoms with Crippen molar-refractivity contribution < 1.29 is 4.79 Å². The average Bonchev–Trinajstić information content (AvgIpc) is 2.37. The fourth-order valence-corrected chi connectivity index (χ4v) is 3.02. The first-order valence-corrected chi connectivity index (χ1v) is 6.50. The van der Waals surface area contributed by atoms with Gasteiger partial charge in [0.05, 0.1) is 11.3 Å². The van der Waals surface area contributed by atoms with Gasteiger partial charge in [-0.1, -0.05) is 11.6 Å². The Kier molecular flexibility index (Phi) is 2.55. The number of nitrogens with zero attached hydrogens (tertiary/aromatic N) is 1. The van der Waals surface area contributed by atoms with Crippen LogP contribution in [-0.2, 0) is 0 Å². The predicted molar refractivity (Wildman–Crippen MR) is 71.9 cm³/mol. The summed E-state index contributed by atoms with van der Waals surface area (Å²) in [5.41, 5.74) is 2.76. The highest BCUT2D eigenvalue weighted by atomic mass is 16.2. The zero-order valence-electron chi connectivity index (χ0n) is 10.9. The standard InChI is InChI=1S/C14H19N3O/c1-10-3-4-12-11(9-10)13(18)16-14(17(12)2)5-7-15-8-6-14/h3-4,9,15H,5-8H2,1-2H3,(H,16,18). The maximum absolute atomic E-state index is 12.3. The Morgan fingerprint density at radius 3 is 2.72 bits per heavy atom. The van der Waals surface area contributed by atoms with Gasteiger partial charge in [-0.15, -0.1) is 0 Å². The summed E-state index contributed by atoms with van der Waals surface area (Å²) in [6.07, 6.45) is 1.89. The fourth-order valence-electron chi connectivity index (χ4n) is 3.02. The first-order chi connectivity index (χ1) is 8.62. The van der Waals surface area contributed by atoms with Crippen molar-refractivity contribution in [1.29, 1.82) is 0 Å². The van der Waals surface area contributed by atoms with Crippen LogP contribution in [0, 0.1) is 6.92 Å². The first kappa shape index (κ1) is 11.5. The summed E-state index contributed by atoms with van der Waals surface area (Å²) >= 11 is 0. The molecule has 2 heterocycles. The molecule has 0 aliphatic carbocycles. The third-order valence-electron chi connectivity index (χ3n) is 4.18. The van der Waals surface area contributed by atoms with Crippen molar-refractivity contribution in [2.45, 2.75) is 25.4 Å². The Labute approximate surface area is 107 Å². The molecule has 0 unspecified atom stereocenters. The number of anilines is 1. The highest BCUT2D eigenvalue weighted by Gasteiger charge is 2.42. The zero-order valence-corrected chi connectivity index (χ0v) is 10.9. The van der Waals surface area contributed by atoms with Gasteiger partial charge >= 0.3 is 0 Å². The lowest BCUT2D eigenvalue weighted by molar-refractivity contribution is 0.0856. The van der Waals surface area contributed by atoms with Gasteiger partial charge in [0.2, 0.25) is 0 Å². The van der Waals surface area contributed by atoms with Crippen molar-refractivity contribution in [2.75, 3.05) is 25.0 Å². The van der Waals surface area contributed by atoms with Gasteiger partial charge in [-0.3, -0.25) is 4.79 Å². The summed E-state index contributed by atoms with van der Waals surface area (Å²) in [7, 11) is 2.08. The van der Waals surface area contributed by atoms with Crippen LogP contribution in [0.4, 0.5) is 5.69 Å². The SMILES string of the molecule is Cc1ccc2c(c1)C(=O)NC1(CCNCC1)N2C. The van der Waals surface area contributed by atoms with Gasteiger partial charge in [0, 0.05) is 19.9 Å². The number of carbonyl (C=O) groups excluding carboxylic acids is 1. The predicted octanol–water partition coefficient (Wildman–Crippen LogP) is 1.25. The molecule has 0 atom stereocenters. The molecule has 4 heteroatoms. The molecule has 1 aromatic carbocycles. The van der Waals surface area contributed by atoms with E-state index >= 15 is 0 Å². The quantitative estimate of drug-likeness (QED) is 0.723. The van der Waals surface area contributed by atoms with E-state index in [9.17, 15) is 4.79 Å². The Hall–Kier alpha value is -1.55. The first-order valence-electron chi connectivity index (χ1n) is 6.50. The molecule has 4 nitrogen and oxygen atoms in total. The molecule has 3 rings (SSSR count). The number of fused-ring (bicyclic) bond motifs is 1. The van der Waals surface area contributed by atoms with E-state index in [1.165, 1.54) is 0 Å². The van der Waals surface area contributed by atoms with E-state index in [1.807, 2.05) is 13.0 Å². The van der Waals surface area contributed by atoms with E-state index < -0.39 is 0 Å². The lowest BCUT2D eigenvalue weighted by atomic mass is 9.91. The molecule has 0 bridgehead atoms. The van der Waals surface area contributed by atoms with Crippen LogP contribution < -0.4 is 15.5 Å². The van der Waals surface area contributed by atoms with Crippen molar-refractivity contribution >= 4 is 11.6 Å². The van der Waals surface area contributed by atoms with Gasteiger partial charge in [0.25, 0.3) is 5.91 Å². The molecule has 96 valence electrons. The maximum Gasteiger partial charge on any atom is 0.255 e. The third-order valence-corrected chi connectivity index (χ3v) is 4.18. The highest BCUT2D eigenvalue weighted by Crippen LogP contribution is 2.35. The Morgan fingerprint density at radius 1 is 1.28 bits per heavy atom. The molecule has 1 amide bonds. The number of hydrogen-bond acceptors (Lipinski definition) is 3. The molecule has 2 N–H and O–H groups in total. The molecular weight excluding hydrogens is 226 g/mol. The number of aryl methyl sites for hydroxylation is 1. The average molecular weight is 245 g/mol. The van der Waals surface area contributed by atoms with Crippen molar-refractivity contribution in [3.8, 4) is 0 Å². The summed E-state index contributed by atoms with van der Waals surface area (Å²) in [6, 6.07) is 6.10. The largest absolute Gasteiger partial charge is 0.351 e. The molecule has 0 aromatic heterocycles. The van der Waals surface area contributed by atoms with E-state index in [2.05, 4.69) is 34.7 Å². The molecule has 1 spiro atoms. The van der Waals surface area contributed by atoms with Crippen molar-refractivity contribution in [3.05, 3.63) is 29.3 Å². The Balaban J connectivity index is 2.06. The van der Waals surface area contributed by atoms with Gasteiger partial charge in [-0.25, -0.2) is 0 Å². The minimum atomic E-state index is -0.204. The summed E-state index contributed by atoms with van der Waals surface area (Å²) in [5, 5.41) is 6.56. The van der Waals surface area contributed by atoms with Crippen LogP contribution in [0.5, 0.6) is 0 Å². The van der Waals surface area contributed by atoms with Gasteiger partial charge in [-0.2, -0.15) is 0 Å². The summed E-state index contributed by atoms with van der Waals surface area (Å²) in [6.45, 7) is 3.92. The van der Waals surface area contributed by atoms with Gasteiger partial charge in [-0.05, 0) is 32.1 Å². The molecular formula is C14H19N3O. The third kappa shape index (κ3) is 1.60. The van der Waals surface area contributed by atoms with E-state index in [0.29, 0.717) is 0 Å². The van der Waals surface area contributed by atoms with Crippen molar-refractivity contribution in [1.82, 2.24) is 10.6 Å². The van der Waals surface area contributed by atoms with Crippen LogP contribution in [0.25, 0.3) is 0 Å². The Morgan fingerprint density at radius 2 is 2.00 bits per heavy atom. The topological polar surface area (TPSA) is 44.4 Å². The maximum atomic E-state index is 12.3. The van der Waals surface area contributed by atoms with Gasteiger partial charge in [0.15, 0.2) is 0 Å². The number of nitrogens with one attached hydrogen (secondary N) is 2. The summed E-state index contributed by atoms with van der Waals surface area (Å²) in [4.78, 5) is 14.5. The van der Waals surface area contributed by atoms with Gasteiger partial charge in [0.1, 0.15) is 5.66 Å². The van der Waals surface area contributed by atoms with E-state index in [-0.39, 0.29) is 11.6 Å². The minimum Gasteiger partial charge on any atom is -0.351 e. The fraction of sp³-hybridized carbons (Fsp3) is 0.500. The number of amides is 1. The van der Waals surface area contributed by atoms with Crippen LogP contribution in [-0.4, -0.2) is 31.7 Å². The second-order valence-corrected chi connectivity index (χ2v) is 5.32. The summed E-state index contributed by atoms with van der Waals surface area (Å²) in [5.74, 6) is 0.0636. The van der Waals surface area contributed by atoms with E-state index in [4.69, 9.17) is 0 Å². The number of hydrogen-bond donors (Lipinski definition) is 2. The lowest BCUT2D eigenvalue weighted by Crippen LogP contribution is -2.66. The monoisotopic (exact) mass is 245 g/mol. The molecule has 0 saturated carbocycles. The highest BCUT2D eigenvalue weighted by molar-refractivity contribution is 6.02. The van der Waals surface area contributed by atoms with E-state index in [0.717, 1.165) is 42.7 Å². The molecule has 2 aliphatic rings. The van der Waals surface area contributed by atoms with Crippen LogP contribution in [0.1, 0.15) is 28.8 Å². The van der Waals surface area contributed by atoms with Crippen LogP contribution in [0.3, 0.4) is 0 Å². The second-order valence-electron chi connectivity index (χ2n) is 5.32. The zero-order chi connectivity index (χ0) is 12.8. The lowest BCUT2D eigenvalue weighted by Gasteiger charge is -2.49. The molecule has 1 aromatic rings. The van der Waals surface area contributed by atoms with Crippen LogP contribution in [0.15, 0.2) is 18.2 Å².